The molecule has 4 aromatic rings. The number of hydrogen-bond acceptors (Lipinski definition) is 2. The fourth-order valence-corrected chi connectivity index (χ4v) is 4.03. The van der Waals surface area contributed by atoms with Crippen LogP contribution in [-0.4, -0.2) is 9.55 Å². The van der Waals surface area contributed by atoms with Crippen molar-refractivity contribution in [1.82, 2.24) is 9.55 Å². The zero-order valence-electron chi connectivity index (χ0n) is 18.2. The lowest BCUT2D eigenvalue weighted by molar-refractivity contribution is 0.882. The minimum Gasteiger partial charge on any atom is -0.379 e. The van der Waals surface area contributed by atoms with Crippen LogP contribution in [0.25, 0.3) is 22.4 Å². The number of hydrogen-bond donors (Lipinski definition) is 1. The van der Waals surface area contributed by atoms with Crippen LogP contribution in [0, 0.1) is 27.7 Å². The normalized spacial score (nSPS) is 12.3. The molecule has 3 nitrogen and oxygen atoms in total. The second-order valence-electron chi connectivity index (χ2n) is 8.17. The Balaban J connectivity index is 1.71. The lowest BCUT2D eigenvalue weighted by Crippen LogP contribution is -2.07. The van der Waals surface area contributed by atoms with Gasteiger partial charge >= 0.3 is 0 Å². The molecule has 4 rings (SSSR count). The Morgan fingerprint density at radius 2 is 1.55 bits per heavy atom. The third-order valence-corrected chi connectivity index (χ3v) is 6.00. The third-order valence-electron chi connectivity index (χ3n) is 6.00. The molecule has 1 atom stereocenters. The Morgan fingerprint density at radius 1 is 0.828 bits per heavy atom. The van der Waals surface area contributed by atoms with E-state index in [0.29, 0.717) is 0 Å². The number of rotatable bonds is 4. The maximum Gasteiger partial charge on any atom is 0.141 e. The number of nitrogens with zero attached hydrogens (tertiary/aromatic N) is 2. The summed E-state index contributed by atoms with van der Waals surface area (Å²) < 4.78 is 2.22. The van der Waals surface area contributed by atoms with E-state index in [1.165, 1.54) is 33.4 Å². The second kappa shape index (κ2) is 7.40. The molecule has 148 valence electrons. The molecule has 0 spiro atoms. The summed E-state index contributed by atoms with van der Waals surface area (Å²) in [7, 11) is 2.11. The predicted molar refractivity (Wildman–Crippen MR) is 124 cm³/mol. The maximum atomic E-state index is 4.95. The van der Waals surface area contributed by atoms with Gasteiger partial charge in [0.1, 0.15) is 5.82 Å². The Bertz CT molecular complexity index is 1180. The van der Waals surface area contributed by atoms with Crippen LogP contribution in [0.4, 0.5) is 5.69 Å². The van der Waals surface area contributed by atoms with Gasteiger partial charge in [0, 0.05) is 24.3 Å². The van der Waals surface area contributed by atoms with Gasteiger partial charge in [-0.25, -0.2) is 4.98 Å². The van der Waals surface area contributed by atoms with E-state index in [2.05, 4.69) is 106 Å². The van der Waals surface area contributed by atoms with E-state index in [-0.39, 0.29) is 6.04 Å². The molecule has 1 aromatic heterocycles. The van der Waals surface area contributed by atoms with Gasteiger partial charge in [0.2, 0.25) is 0 Å². The number of aryl methyl sites for hydroxylation is 5. The lowest BCUT2D eigenvalue weighted by atomic mass is 10.0. The largest absolute Gasteiger partial charge is 0.379 e. The Kier molecular flexibility index (Phi) is 4.91. The molecule has 3 heteroatoms. The van der Waals surface area contributed by atoms with Gasteiger partial charge in [0.25, 0.3) is 0 Å². The average Bonchev–Trinajstić information content (AvgIpc) is 3.00. The van der Waals surface area contributed by atoms with E-state index in [4.69, 9.17) is 4.98 Å². The minimum absolute atomic E-state index is 0.208. The van der Waals surface area contributed by atoms with Crippen molar-refractivity contribution >= 4 is 16.7 Å². The smallest absolute Gasteiger partial charge is 0.141 e. The molecule has 0 aliphatic heterocycles. The van der Waals surface area contributed by atoms with Crippen molar-refractivity contribution < 1.29 is 0 Å². The highest BCUT2D eigenvalue weighted by Gasteiger charge is 2.15. The molecule has 0 saturated carbocycles. The summed E-state index contributed by atoms with van der Waals surface area (Å²) in [5.41, 5.74) is 11.0. The first-order valence-corrected chi connectivity index (χ1v) is 10.2. The van der Waals surface area contributed by atoms with Crippen LogP contribution in [0.1, 0.15) is 40.8 Å². The van der Waals surface area contributed by atoms with Crippen molar-refractivity contribution in [3.8, 4) is 11.4 Å². The van der Waals surface area contributed by atoms with Gasteiger partial charge in [0.05, 0.1) is 11.0 Å². The summed E-state index contributed by atoms with van der Waals surface area (Å²) in [4.78, 5) is 4.95. The summed E-state index contributed by atoms with van der Waals surface area (Å²) in [5.74, 6) is 1.03. The van der Waals surface area contributed by atoms with Gasteiger partial charge in [-0.3, -0.25) is 0 Å². The maximum absolute atomic E-state index is 4.95. The van der Waals surface area contributed by atoms with Crippen molar-refractivity contribution in [2.24, 2.45) is 7.05 Å². The van der Waals surface area contributed by atoms with Gasteiger partial charge in [-0.1, -0.05) is 30.3 Å². The molecule has 3 aromatic carbocycles. The van der Waals surface area contributed by atoms with Crippen molar-refractivity contribution in [3.63, 3.8) is 0 Å². The van der Waals surface area contributed by atoms with Crippen molar-refractivity contribution in [2.45, 2.75) is 40.7 Å². The van der Waals surface area contributed by atoms with Crippen LogP contribution in [-0.2, 0) is 7.05 Å². The first kappa shape index (κ1) is 19.3. The standard InChI is InChI=1S/C26H29N3/c1-16-10-12-22(14-19(16)4)27-20(5)21-11-13-23-24(15-21)29(6)26(28-23)25-17(2)8-7-9-18(25)3/h7-15,20,27H,1-6H3/t20-/m0/s1. The monoisotopic (exact) mass is 383 g/mol. The molecule has 0 fully saturated rings. The fourth-order valence-electron chi connectivity index (χ4n) is 4.03. The third kappa shape index (κ3) is 3.53. The van der Waals surface area contributed by atoms with Crippen LogP contribution < -0.4 is 5.32 Å². The van der Waals surface area contributed by atoms with Crippen LogP contribution in [0.3, 0.4) is 0 Å². The number of fused-ring (bicyclic) bond motifs is 1. The molecule has 29 heavy (non-hydrogen) atoms. The number of aromatic nitrogens is 2. The highest BCUT2D eigenvalue weighted by atomic mass is 15.1. The van der Waals surface area contributed by atoms with E-state index in [1.807, 2.05) is 0 Å². The fraction of sp³-hybridized carbons (Fsp3) is 0.269. The molecule has 0 amide bonds. The zero-order chi connectivity index (χ0) is 20.7. The van der Waals surface area contributed by atoms with Crippen LogP contribution in [0.2, 0.25) is 0 Å². The van der Waals surface area contributed by atoms with Gasteiger partial charge in [-0.2, -0.15) is 0 Å². The van der Waals surface area contributed by atoms with E-state index < -0.39 is 0 Å². The molecular weight excluding hydrogens is 354 g/mol. The van der Waals surface area contributed by atoms with Gasteiger partial charge in [-0.05, 0) is 86.7 Å². The van der Waals surface area contributed by atoms with Crippen molar-refractivity contribution in [2.75, 3.05) is 5.32 Å². The molecule has 0 radical (unpaired) electrons. The molecule has 0 bridgehead atoms. The summed E-state index contributed by atoms with van der Waals surface area (Å²) in [6, 6.07) is 19.8. The summed E-state index contributed by atoms with van der Waals surface area (Å²) in [5, 5.41) is 3.64. The van der Waals surface area contributed by atoms with Gasteiger partial charge < -0.3 is 9.88 Å². The number of imidazole rings is 1. The van der Waals surface area contributed by atoms with Gasteiger partial charge in [-0.15, -0.1) is 0 Å². The first-order valence-electron chi connectivity index (χ1n) is 10.2. The minimum atomic E-state index is 0.208. The average molecular weight is 384 g/mol. The molecule has 0 saturated heterocycles. The number of nitrogens with one attached hydrogen (secondary N) is 1. The van der Waals surface area contributed by atoms with Crippen LogP contribution in [0.5, 0.6) is 0 Å². The van der Waals surface area contributed by atoms with E-state index in [0.717, 1.165) is 22.5 Å². The topological polar surface area (TPSA) is 29.9 Å². The molecule has 1 N–H and O–H groups in total. The molecular formula is C26H29N3. The molecule has 1 heterocycles. The highest BCUT2D eigenvalue weighted by Crippen LogP contribution is 2.31. The Morgan fingerprint density at radius 3 is 2.24 bits per heavy atom. The molecule has 0 aliphatic rings. The Hall–Kier alpha value is -3.07. The van der Waals surface area contributed by atoms with E-state index in [9.17, 15) is 0 Å². The zero-order valence-corrected chi connectivity index (χ0v) is 18.2. The quantitative estimate of drug-likeness (QED) is 0.428. The summed E-state index contributed by atoms with van der Waals surface area (Å²) in [6.45, 7) is 10.8. The number of anilines is 1. The first-order chi connectivity index (χ1) is 13.8. The number of benzene rings is 3. The predicted octanol–water partition coefficient (Wildman–Crippen LogP) is 6.65. The van der Waals surface area contributed by atoms with E-state index >= 15 is 0 Å². The highest BCUT2D eigenvalue weighted by molar-refractivity contribution is 5.82. The van der Waals surface area contributed by atoms with Crippen LogP contribution in [0.15, 0.2) is 54.6 Å². The van der Waals surface area contributed by atoms with Crippen molar-refractivity contribution in [1.29, 1.82) is 0 Å². The van der Waals surface area contributed by atoms with E-state index in [1.54, 1.807) is 0 Å². The van der Waals surface area contributed by atoms with Crippen molar-refractivity contribution in [3.05, 3.63) is 82.4 Å². The summed E-state index contributed by atoms with van der Waals surface area (Å²) >= 11 is 0. The Labute approximate surface area is 173 Å². The lowest BCUT2D eigenvalue weighted by Gasteiger charge is -2.17. The SMILES string of the molecule is Cc1ccc(N[C@@H](C)c2ccc3nc(-c4c(C)cccc4C)n(C)c3c2)cc1C. The molecule has 0 aliphatic carbocycles. The molecule has 0 unspecified atom stereocenters. The van der Waals surface area contributed by atoms with Crippen LogP contribution >= 0.6 is 0 Å². The second-order valence-corrected chi connectivity index (χ2v) is 8.17. The summed E-state index contributed by atoms with van der Waals surface area (Å²) in [6.07, 6.45) is 0. The van der Waals surface area contributed by atoms with Gasteiger partial charge in [0.15, 0.2) is 0 Å².